The number of nitrogens with zero attached hydrogens (tertiary/aromatic N) is 4. The Labute approximate surface area is 176 Å². The SMILES string of the molecule is CCN(CCNC(=O)c1cn2cc(I)ccc2n1)CCOc1cccnc1F. The van der Waals surface area contributed by atoms with E-state index in [4.69, 9.17) is 4.74 Å². The van der Waals surface area contributed by atoms with Crippen LogP contribution in [0.15, 0.2) is 42.9 Å². The third-order valence-electron chi connectivity index (χ3n) is 4.20. The van der Waals surface area contributed by atoms with Gasteiger partial charge in [0.05, 0.1) is 0 Å². The number of aromatic nitrogens is 3. The summed E-state index contributed by atoms with van der Waals surface area (Å²) in [6.45, 7) is 4.92. The Bertz CT molecular complexity index is 949. The van der Waals surface area contributed by atoms with E-state index in [9.17, 15) is 9.18 Å². The lowest BCUT2D eigenvalue weighted by Gasteiger charge is -2.20. The normalized spacial score (nSPS) is 11.1. The maximum absolute atomic E-state index is 13.4. The van der Waals surface area contributed by atoms with Gasteiger partial charge in [-0.1, -0.05) is 6.92 Å². The lowest BCUT2D eigenvalue weighted by molar-refractivity contribution is 0.0943. The van der Waals surface area contributed by atoms with Crippen molar-refractivity contribution in [2.24, 2.45) is 0 Å². The van der Waals surface area contributed by atoms with Gasteiger partial charge in [-0.2, -0.15) is 4.39 Å². The molecule has 1 amide bonds. The molecule has 0 aliphatic carbocycles. The molecule has 0 saturated carbocycles. The molecule has 28 heavy (non-hydrogen) atoms. The first-order valence-electron chi connectivity index (χ1n) is 8.95. The van der Waals surface area contributed by atoms with Crippen molar-refractivity contribution in [3.05, 3.63) is 58.1 Å². The van der Waals surface area contributed by atoms with Crippen molar-refractivity contribution in [2.45, 2.75) is 6.92 Å². The molecule has 9 heteroatoms. The number of halogens is 2. The van der Waals surface area contributed by atoms with Crippen LogP contribution < -0.4 is 10.1 Å². The highest BCUT2D eigenvalue weighted by atomic mass is 127. The molecule has 7 nitrogen and oxygen atoms in total. The fourth-order valence-corrected chi connectivity index (χ4v) is 3.16. The molecule has 148 valence electrons. The minimum absolute atomic E-state index is 0.147. The van der Waals surface area contributed by atoms with Crippen LogP contribution in [0, 0.1) is 9.52 Å². The van der Waals surface area contributed by atoms with Crippen LogP contribution in [0.25, 0.3) is 5.65 Å². The van der Waals surface area contributed by atoms with Crippen molar-refractivity contribution in [1.82, 2.24) is 24.6 Å². The van der Waals surface area contributed by atoms with E-state index in [2.05, 4.69) is 42.8 Å². The number of nitrogens with one attached hydrogen (secondary N) is 1. The largest absolute Gasteiger partial charge is 0.487 e. The summed E-state index contributed by atoms with van der Waals surface area (Å²) in [7, 11) is 0. The van der Waals surface area contributed by atoms with Crippen LogP contribution in [0.2, 0.25) is 0 Å². The number of carbonyl (C=O) groups excluding carboxylic acids is 1. The molecule has 3 aromatic heterocycles. The van der Waals surface area contributed by atoms with Crippen LogP contribution in [0.1, 0.15) is 17.4 Å². The number of imidazole rings is 1. The first-order valence-corrected chi connectivity index (χ1v) is 10.0. The van der Waals surface area contributed by atoms with Crippen LogP contribution in [-0.2, 0) is 0 Å². The number of ether oxygens (including phenoxy) is 1. The Morgan fingerprint density at radius 1 is 1.32 bits per heavy atom. The lowest BCUT2D eigenvalue weighted by Crippen LogP contribution is -2.37. The number of rotatable bonds is 9. The van der Waals surface area contributed by atoms with E-state index >= 15 is 0 Å². The smallest absolute Gasteiger partial charge is 0.271 e. The highest BCUT2D eigenvalue weighted by Gasteiger charge is 2.11. The van der Waals surface area contributed by atoms with Crippen molar-refractivity contribution in [1.29, 1.82) is 0 Å². The van der Waals surface area contributed by atoms with Gasteiger partial charge in [-0.25, -0.2) is 9.97 Å². The van der Waals surface area contributed by atoms with Gasteiger partial charge in [-0.05, 0) is 53.4 Å². The van der Waals surface area contributed by atoms with Gasteiger partial charge in [0.1, 0.15) is 17.9 Å². The van der Waals surface area contributed by atoms with Gasteiger partial charge in [0, 0.05) is 41.8 Å². The Balaban J connectivity index is 1.44. The molecular weight excluding hydrogens is 476 g/mol. The summed E-state index contributed by atoms with van der Waals surface area (Å²) >= 11 is 2.22. The second kappa shape index (κ2) is 9.78. The zero-order chi connectivity index (χ0) is 19.9. The van der Waals surface area contributed by atoms with E-state index in [1.807, 2.05) is 29.7 Å². The van der Waals surface area contributed by atoms with E-state index in [1.165, 1.54) is 6.20 Å². The first-order chi connectivity index (χ1) is 13.6. The van der Waals surface area contributed by atoms with Gasteiger partial charge in [0.25, 0.3) is 11.9 Å². The Kier molecular flexibility index (Phi) is 7.15. The molecule has 0 fully saturated rings. The van der Waals surface area contributed by atoms with E-state index in [1.54, 1.807) is 18.3 Å². The quantitative estimate of drug-likeness (QED) is 0.364. The minimum Gasteiger partial charge on any atom is -0.487 e. The van der Waals surface area contributed by atoms with Gasteiger partial charge in [0.15, 0.2) is 5.75 Å². The van der Waals surface area contributed by atoms with Gasteiger partial charge < -0.3 is 14.5 Å². The van der Waals surface area contributed by atoms with Crippen LogP contribution in [0.4, 0.5) is 4.39 Å². The average molecular weight is 497 g/mol. The number of hydrogen-bond acceptors (Lipinski definition) is 5. The Morgan fingerprint density at radius 2 is 2.18 bits per heavy atom. The summed E-state index contributed by atoms with van der Waals surface area (Å²) in [6, 6.07) is 7.01. The predicted octanol–water partition coefficient (Wildman–Crippen LogP) is 2.60. The van der Waals surface area contributed by atoms with Crippen molar-refractivity contribution < 1.29 is 13.9 Å². The summed E-state index contributed by atoms with van der Waals surface area (Å²) in [5, 5.41) is 2.89. The van der Waals surface area contributed by atoms with Crippen LogP contribution in [0.5, 0.6) is 5.75 Å². The molecule has 0 bridgehead atoms. The number of carbonyl (C=O) groups is 1. The molecule has 0 saturated heterocycles. The van der Waals surface area contributed by atoms with E-state index in [0.717, 1.165) is 15.8 Å². The molecule has 0 spiro atoms. The molecule has 0 radical (unpaired) electrons. The predicted molar refractivity (Wildman–Crippen MR) is 112 cm³/mol. The summed E-state index contributed by atoms with van der Waals surface area (Å²) in [6.07, 6.45) is 5.03. The van der Waals surface area contributed by atoms with E-state index < -0.39 is 5.95 Å². The molecule has 0 aromatic carbocycles. The standard InChI is InChI=1S/C19H21FIN5O2/c1-2-25(10-11-28-16-4-3-7-22-18(16)20)9-8-23-19(27)15-13-26-12-14(21)5-6-17(26)24-15/h3-7,12-13H,2,8-11H2,1H3,(H,23,27). The lowest BCUT2D eigenvalue weighted by atomic mass is 10.4. The molecule has 1 N–H and O–H groups in total. The zero-order valence-electron chi connectivity index (χ0n) is 15.4. The Morgan fingerprint density at radius 3 is 2.96 bits per heavy atom. The van der Waals surface area contributed by atoms with E-state index in [0.29, 0.717) is 31.9 Å². The molecule has 3 heterocycles. The topological polar surface area (TPSA) is 71.8 Å². The van der Waals surface area contributed by atoms with Gasteiger partial charge in [0.2, 0.25) is 0 Å². The van der Waals surface area contributed by atoms with Crippen molar-refractivity contribution in [2.75, 3.05) is 32.8 Å². The molecule has 0 unspecified atom stereocenters. The van der Waals surface area contributed by atoms with Gasteiger partial charge in [-0.3, -0.25) is 9.69 Å². The second-order valence-corrected chi connectivity index (χ2v) is 7.32. The molecule has 3 rings (SSSR count). The fraction of sp³-hybridized carbons (Fsp3) is 0.316. The minimum atomic E-state index is -0.611. The van der Waals surface area contributed by atoms with Gasteiger partial charge in [-0.15, -0.1) is 0 Å². The summed E-state index contributed by atoms with van der Waals surface area (Å²) < 4.78 is 21.8. The average Bonchev–Trinajstić information content (AvgIpc) is 3.11. The molecule has 0 atom stereocenters. The number of fused-ring (bicyclic) bond motifs is 1. The highest BCUT2D eigenvalue weighted by molar-refractivity contribution is 14.1. The monoisotopic (exact) mass is 497 g/mol. The maximum Gasteiger partial charge on any atom is 0.271 e. The third-order valence-corrected chi connectivity index (χ3v) is 4.84. The van der Waals surface area contributed by atoms with Gasteiger partial charge >= 0.3 is 0 Å². The Hall–Kier alpha value is -2.27. The van der Waals surface area contributed by atoms with Crippen LogP contribution in [-0.4, -0.2) is 58.0 Å². The third kappa shape index (κ3) is 5.38. The molecule has 3 aromatic rings. The van der Waals surface area contributed by atoms with Crippen molar-refractivity contribution in [3.63, 3.8) is 0 Å². The summed E-state index contributed by atoms with van der Waals surface area (Å²) in [4.78, 5) is 22.3. The van der Waals surface area contributed by atoms with Crippen molar-refractivity contribution in [3.8, 4) is 5.75 Å². The maximum atomic E-state index is 13.4. The molecular formula is C19H21FIN5O2. The van der Waals surface area contributed by atoms with Crippen LogP contribution in [0.3, 0.4) is 0 Å². The fourth-order valence-electron chi connectivity index (χ4n) is 2.68. The number of amides is 1. The number of likely N-dealkylation sites (N-methyl/N-ethyl adjacent to an activating group) is 1. The zero-order valence-corrected chi connectivity index (χ0v) is 17.6. The van der Waals surface area contributed by atoms with E-state index in [-0.39, 0.29) is 11.7 Å². The number of pyridine rings is 2. The molecule has 0 aliphatic heterocycles. The number of hydrogen-bond donors (Lipinski definition) is 1. The summed E-state index contributed by atoms with van der Waals surface area (Å²) in [5.74, 6) is -0.670. The first kappa shape index (κ1) is 20.5. The highest BCUT2D eigenvalue weighted by Crippen LogP contribution is 2.12. The summed E-state index contributed by atoms with van der Waals surface area (Å²) in [5.41, 5.74) is 1.13. The van der Waals surface area contributed by atoms with Crippen LogP contribution >= 0.6 is 22.6 Å². The second-order valence-electron chi connectivity index (χ2n) is 6.07. The molecule has 0 aliphatic rings. The van der Waals surface area contributed by atoms with Crippen molar-refractivity contribution >= 4 is 34.1 Å².